The number of amides is 1. The van der Waals surface area contributed by atoms with Crippen LogP contribution in [0.25, 0.3) is 0 Å². The van der Waals surface area contributed by atoms with Crippen molar-refractivity contribution in [2.24, 2.45) is 0 Å². The van der Waals surface area contributed by atoms with E-state index in [1.807, 2.05) is 13.8 Å². The van der Waals surface area contributed by atoms with Crippen LogP contribution in [0, 0.1) is 0 Å². The van der Waals surface area contributed by atoms with Crippen molar-refractivity contribution in [3.05, 3.63) is 28.2 Å². The van der Waals surface area contributed by atoms with E-state index in [0.29, 0.717) is 28.6 Å². The van der Waals surface area contributed by atoms with Crippen LogP contribution in [0.1, 0.15) is 37.0 Å². The van der Waals surface area contributed by atoms with Crippen LogP contribution in [0.4, 0.5) is 0 Å². The minimum Gasteiger partial charge on any atom is -0.497 e. The lowest BCUT2D eigenvalue weighted by atomic mass is 9.97. The molecule has 4 nitrogen and oxygen atoms in total. The Bertz CT molecular complexity index is 444. The van der Waals surface area contributed by atoms with E-state index in [-0.39, 0.29) is 12.5 Å². The molecule has 1 rings (SSSR count). The number of hydrogen-bond donors (Lipinski definition) is 2. The second-order valence-electron chi connectivity index (χ2n) is 4.46. The highest BCUT2D eigenvalue weighted by Gasteiger charge is 2.23. The molecule has 0 unspecified atom stereocenters. The quantitative estimate of drug-likeness (QED) is 0.843. The average molecular weight is 330 g/mol. The van der Waals surface area contributed by atoms with Crippen molar-refractivity contribution in [3.8, 4) is 5.75 Å². The first kappa shape index (κ1) is 16.0. The maximum absolute atomic E-state index is 12.1. The molecule has 1 aromatic carbocycles. The molecule has 0 heterocycles. The number of methoxy groups -OCH3 is 1. The van der Waals surface area contributed by atoms with Crippen LogP contribution in [-0.2, 0) is 0 Å². The Morgan fingerprint density at radius 1 is 1.42 bits per heavy atom. The normalized spacial score (nSPS) is 11.2. The van der Waals surface area contributed by atoms with Crippen molar-refractivity contribution >= 4 is 21.8 Å². The standard InChI is InChI=1S/C14H20BrNO3/c1-4-14(18,5-2)9-16-13(17)11-7-6-10(19-3)8-12(11)15/h6-8,18H,4-5,9H2,1-3H3,(H,16,17). The summed E-state index contributed by atoms with van der Waals surface area (Å²) in [6.07, 6.45) is 1.21. The third kappa shape index (κ3) is 4.21. The van der Waals surface area contributed by atoms with Crippen molar-refractivity contribution in [2.75, 3.05) is 13.7 Å². The zero-order valence-electron chi connectivity index (χ0n) is 11.5. The van der Waals surface area contributed by atoms with E-state index in [0.717, 1.165) is 0 Å². The molecule has 0 saturated carbocycles. The minimum absolute atomic E-state index is 0.213. The fourth-order valence-electron chi connectivity index (χ4n) is 1.65. The predicted molar refractivity (Wildman–Crippen MR) is 78.6 cm³/mol. The zero-order valence-corrected chi connectivity index (χ0v) is 13.1. The number of halogens is 1. The van der Waals surface area contributed by atoms with Crippen LogP contribution in [0.3, 0.4) is 0 Å². The van der Waals surface area contributed by atoms with Crippen molar-refractivity contribution in [3.63, 3.8) is 0 Å². The molecule has 106 valence electrons. The molecule has 0 saturated heterocycles. The van der Waals surface area contributed by atoms with Gasteiger partial charge in [0.05, 0.1) is 18.3 Å². The summed E-state index contributed by atoms with van der Waals surface area (Å²) in [5.41, 5.74) is -0.315. The fourth-order valence-corrected chi connectivity index (χ4v) is 2.18. The van der Waals surface area contributed by atoms with Gasteiger partial charge in [0.1, 0.15) is 5.75 Å². The van der Waals surface area contributed by atoms with Crippen LogP contribution in [0.5, 0.6) is 5.75 Å². The van der Waals surface area contributed by atoms with Gasteiger partial charge < -0.3 is 15.2 Å². The second-order valence-corrected chi connectivity index (χ2v) is 5.31. The summed E-state index contributed by atoms with van der Waals surface area (Å²) < 4.78 is 5.74. The maximum Gasteiger partial charge on any atom is 0.252 e. The predicted octanol–water partition coefficient (Wildman–Crippen LogP) is 2.74. The number of ether oxygens (including phenoxy) is 1. The van der Waals surface area contributed by atoms with Crippen LogP contribution in [0.2, 0.25) is 0 Å². The molecule has 0 spiro atoms. The summed E-state index contributed by atoms with van der Waals surface area (Å²) in [5, 5.41) is 12.9. The SMILES string of the molecule is CCC(O)(CC)CNC(=O)c1ccc(OC)cc1Br. The molecule has 0 aliphatic heterocycles. The van der Waals surface area contributed by atoms with Gasteiger partial charge in [-0.1, -0.05) is 13.8 Å². The van der Waals surface area contributed by atoms with Gasteiger partial charge in [0.2, 0.25) is 0 Å². The van der Waals surface area contributed by atoms with Crippen LogP contribution < -0.4 is 10.1 Å². The summed E-state index contributed by atoms with van der Waals surface area (Å²) in [7, 11) is 1.57. The molecule has 0 bridgehead atoms. The summed E-state index contributed by atoms with van der Waals surface area (Å²) >= 11 is 3.34. The molecular formula is C14H20BrNO3. The molecular weight excluding hydrogens is 310 g/mol. The molecule has 5 heteroatoms. The van der Waals surface area contributed by atoms with Crippen LogP contribution in [0.15, 0.2) is 22.7 Å². The number of hydrogen-bond acceptors (Lipinski definition) is 3. The number of carbonyl (C=O) groups is 1. The van der Waals surface area contributed by atoms with E-state index in [9.17, 15) is 9.90 Å². The first-order chi connectivity index (χ1) is 8.95. The zero-order chi connectivity index (χ0) is 14.5. The summed E-state index contributed by atoms with van der Waals surface area (Å²) in [6.45, 7) is 4.05. The third-order valence-corrected chi connectivity index (χ3v) is 3.97. The lowest BCUT2D eigenvalue weighted by Gasteiger charge is -2.25. The molecule has 1 amide bonds. The van der Waals surface area contributed by atoms with E-state index >= 15 is 0 Å². The van der Waals surface area contributed by atoms with E-state index in [1.54, 1.807) is 25.3 Å². The van der Waals surface area contributed by atoms with Crippen molar-refractivity contribution in [1.82, 2.24) is 5.32 Å². The number of rotatable bonds is 6. The van der Waals surface area contributed by atoms with Crippen LogP contribution in [-0.4, -0.2) is 30.3 Å². The highest BCUT2D eigenvalue weighted by atomic mass is 79.9. The molecule has 0 fully saturated rings. The van der Waals surface area contributed by atoms with Gasteiger partial charge in [-0.2, -0.15) is 0 Å². The average Bonchev–Trinajstić information content (AvgIpc) is 2.44. The van der Waals surface area contributed by atoms with Gasteiger partial charge in [-0.15, -0.1) is 0 Å². The monoisotopic (exact) mass is 329 g/mol. The molecule has 0 radical (unpaired) electrons. The second kappa shape index (κ2) is 6.91. The Hall–Kier alpha value is -1.07. The van der Waals surface area contributed by atoms with Crippen molar-refractivity contribution in [1.29, 1.82) is 0 Å². The molecule has 0 aliphatic carbocycles. The Kier molecular flexibility index (Phi) is 5.82. The van der Waals surface area contributed by atoms with E-state index < -0.39 is 5.60 Å². The summed E-state index contributed by atoms with van der Waals surface area (Å²) in [5.74, 6) is 0.469. The summed E-state index contributed by atoms with van der Waals surface area (Å²) in [6, 6.07) is 5.15. The smallest absolute Gasteiger partial charge is 0.252 e. The van der Waals surface area contributed by atoms with Gasteiger partial charge in [0.15, 0.2) is 0 Å². The first-order valence-electron chi connectivity index (χ1n) is 6.30. The lowest BCUT2D eigenvalue weighted by Crippen LogP contribution is -2.42. The number of nitrogens with one attached hydrogen (secondary N) is 1. The van der Waals surface area contributed by atoms with Gasteiger partial charge in [-0.3, -0.25) is 4.79 Å². The van der Waals surface area contributed by atoms with Gasteiger partial charge in [-0.25, -0.2) is 0 Å². The highest BCUT2D eigenvalue weighted by Crippen LogP contribution is 2.23. The maximum atomic E-state index is 12.1. The molecule has 1 aromatic rings. The number of aliphatic hydroxyl groups is 1. The summed E-state index contributed by atoms with van der Waals surface area (Å²) in [4.78, 5) is 12.1. The van der Waals surface area contributed by atoms with Gasteiger partial charge in [0, 0.05) is 11.0 Å². The molecule has 0 aliphatic rings. The van der Waals surface area contributed by atoms with Crippen LogP contribution >= 0.6 is 15.9 Å². The van der Waals surface area contributed by atoms with Crippen molar-refractivity contribution in [2.45, 2.75) is 32.3 Å². The largest absolute Gasteiger partial charge is 0.497 e. The Balaban J connectivity index is 2.74. The number of benzene rings is 1. The van der Waals surface area contributed by atoms with Gasteiger partial charge >= 0.3 is 0 Å². The molecule has 0 aromatic heterocycles. The topological polar surface area (TPSA) is 58.6 Å². The highest BCUT2D eigenvalue weighted by molar-refractivity contribution is 9.10. The molecule has 2 N–H and O–H groups in total. The van der Waals surface area contributed by atoms with E-state index in [2.05, 4.69) is 21.2 Å². The minimum atomic E-state index is -0.839. The Morgan fingerprint density at radius 2 is 2.05 bits per heavy atom. The van der Waals surface area contributed by atoms with E-state index in [1.165, 1.54) is 0 Å². The number of carbonyl (C=O) groups excluding carboxylic acids is 1. The third-order valence-electron chi connectivity index (χ3n) is 3.32. The van der Waals surface area contributed by atoms with Crippen molar-refractivity contribution < 1.29 is 14.6 Å². The van der Waals surface area contributed by atoms with Gasteiger partial charge in [-0.05, 0) is 47.0 Å². The lowest BCUT2D eigenvalue weighted by molar-refractivity contribution is 0.0314. The Labute approximate surface area is 122 Å². The first-order valence-corrected chi connectivity index (χ1v) is 7.09. The Morgan fingerprint density at radius 3 is 2.53 bits per heavy atom. The molecule has 0 atom stereocenters. The molecule has 19 heavy (non-hydrogen) atoms. The van der Waals surface area contributed by atoms with Gasteiger partial charge in [0.25, 0.3) is 5.91 Å². The fraction of sp³-hybridized carbons (Fsp3) is 0.500. The van der Waals surface area contributed by atoms with E-state index in [4.69, 9.17) is 4.74 Å².